The Morgan fingerprint density at radius 3 is 0.615 bits per heavy atom. The molecule has 0 aromatic carbocycles. The largest absolute Gasteiger partial charge is 0.462 e. The van der Waals surface area contributed by atoms with E-state index in [4.69, 9.17) is 14.2 Å². The summed E-state index contributed by atoms with van der Waals surface area (Å²) in [6, 6.07) is 0. The minimum Gasteiger partial charge on any atom is -0.462 e. The van der Waals surface area contributed by atoms with Crippen LogP contribution in [0.1, 0.15) is 342 Å². The summed E-state index contributed by atoms with van der Waals surface area (Å²) in [4.78, 5) is 37.9. The highest BCUT2D eigenvalue weighted by Gasteiger charge is 2.19. The van der Waals surface area contributed by atoms with Gasteiger partial charge in [0.15, 0.2) is 6.10 Å². The number of hydrogen-bond acceptors (Lipinski definition) is 6. The zero-order chi connectivity index (χ0) is 47.2. The van der Waals surface area contributed by atoms with E-state index in [1.807, 2.05) is 0 Å². The topological polar surface area (TPSA) is 78.9 Å². The maximum absolute atomic E-state index is 12.8. The molecule has 0 heterocycles. The summed E-state index contributed by atoms with van der Waals surface area (Å²) >= 11 is 0. The highest BCUT2D eigenvalue weighted by molar-refractivity contribution is 5.71. The molecule has 1 unspecified atom stereocenters. The maximum atomic E-state index is 12.8. The van der Waals surface area contributed by atoms with E-state index < -0.39 is 6.10 Å². The molecule has 0 saturated carbocycles. The van der Waals surface area contributed by atoms with Crippen LogP contribution >= 0.6 is 0 Å². The van der Waals surface area contributed by atoms with Gasteiger partial charge in [0.1, 0.15) is 13.2 Å². The molecule has 0 aliphatic rings. The number of ether oxygens (including phenoxy) is 3. The van der Waals surface area contributed by atoms with Crippen LogP contribution in [0.2, 0.25) is 0 Å². The molecular weight excluding hydrogens is 805 g/mol. The number of carbonyl (C=O) groups is 3. The van der Waals surface area contributed by atoms with Crippen molar-refractivity contribution in [3.63, 3.8) is 0 Å². The van der Waals surface area contributed by atoms with Gasteiger partial charge in [-0.3, -0.25) is 14.4 Å². The van der Waals surface area contributed by atoms with Crippen molar-refractivity contribution in [2.75, 3.05) is 13.2 Å². The van der Waals surface area contributed by atoms with Gasteiger partial charge in [0.2, 0.25) is 0 Å². The minimum absolute atomic E-state index is 0.0621. The molecule has 0 aliphatic heterocycles. The number of esters is 3. The fraction of sp³-hybridized carbons (Fsp3) is 0.949. The standard InChI is InChI=1S/C59H114O6/c1-4-7-10-13-16-18-20-22-24-26-28-29-30-31-32-34-35-37-39-41-43-46-49-52-58(61)64-55-56(54-63-57(60)51-48-45-15-12-9-6-3)65-59(62)53-50-47-44-42-40-38-36-33-27-25-23-21-19-17-14-11-8-5-2/h56H,4-55H2,1-3H3. The van der Waals surface area contributed by atoms with Gasteiger partial charge in [-0.25, -0.2) is 0 Å². The van der Waals surface area contributed by atoms with Gasteiger partial charge in [-0.2, -0.15) is 0 Å². The number of carbonyl (C=O) groups excluding carboxylic acids is 3. The van der Waals surface area contributed by atoms with E-state index in [0.717, 1.165) is 57.8 Å². The van der Waals surface area contributed by atoms with Crippen LogP contribution in [0.15, 0.2) is 0 Å². The molecule has 386 valence electrons. The van der Waals surface area contributed by atoms with Crippen LogP contribution in [0.5, 0.6) is 0 Å². The first-order valence-corrected chi connectivity index (χ1v) is 29.5. The average molecular weight is 920 g/mol. The molecule has 0 fully saturated rings. The second-order valence-electron chi connectivity index (χ2n) is 20.3. The van der Waals surface area contributed by atoms with Gasteiger partial charge in [0, 0.05) is 19.3 Å². The lowest BCUT2D eigenvalue weighted by molar-refractivity contribution is -0.167. The van der Waals surface area contributed by atoms with Crippen LogP contribution in [0.4, 0.5) is 0 Å². The van der Waals surface area contributed by atoms with Gasteiger partial charge >= 0.3 is 17.9 Å². The van der Waals surface area contributed by atoms with Gasteiger partial charge in [-0.05, 0) is 19.3 Å². The van der Waals surface area contributed by atoms with Crippen molar-refractivity contribution < 1.29 is 28.6 Å². The summed E-state index contributed by atoms with van der Waals surface area (Å²) in [6.07, 6.45) is 61.4. The fourth-order valence-electron chi connectivity index (χ4n) is 9.15. The molecule has 0 saturated heterocycles. The molecule has 0 N–H and O–H groups in total. The van der Waals surface area contributed by atoms with Crippen LogP contribution in [0.3, 0.4) is 0 Å². The molecule has 0 spiro atoms. The van der Waals surface area contributed by atoms with Gasteiger partial charge in [0.25, 0.3) is 0 Å². The van der Waals surface area contributed by atoms with Gasteiger partial charge in [-0.1, -0.05) is 303 Å². The predicted molar refractivity (Wildman–Crippen MR) is 280 cm³/mol. The molecule has 65 heavy (non-hydrogen) atoms. The Balaban J connectivity index is 4.04. The lowest BCUT2D eigenvalue weighted by Gasteiger charge is -2.18. The van der Waals surface area contributed by atoms with Crippen LogP contribution in [0, 0.1) is 0 Å². The summed E-state index contributed by atoms with van der Waals surface area (Å²) in [6.45, 7) is 6.65. The summed E-state index contributed by atoms with van der Waals surface area (Å²) in [7, 11) is 0. The molecule has 6 nitrogen and oxygen atoms in total. The van der Waals surface area contributed by atoms with Crippen molar-refractivity contribution in [1.82, 2.24) is 0 Å². The Labute approximate surface area is 406 Å². The summed E-state index contributed by atoms with van der Waals surface area (Å²) in [5.74, 6) is -0.845. The van der Waals surface area contributed by atoms with E-state index in [0.29, 0.717) is 19.3 Å². The van der Waals surface area contributed by atoms with Crippen molar-refractivity contribution in [2.45, 2.75) is 348 Å². The predicted octanol–water partition coefficient (Wildman–Crippen LogP) is 19.5. The first-order valence-electron chi connectivity index (χ1n) is 29.5. The molecule has 1 atom stereocenters. The van der Waals surface area contributed by atoms with E-state index >= 15 is 0 Å². The van der Waals surface area contributed by atoms with Crippen molar-refractivity contribution in [3.8, 4) is 0 Å². The first kappa shape index (κ1) is 63.4. The van der Waals surface area contributed by atoms with E-state index in [2.05, 4.69) is 20.8 Å². The fourth-order valence-corrected chi connectivity index (χ4v) is 9.15. The molecule has 0 aromatic heterocycles. The highest BCUT2D eigenvalue weighted by atomic mass is 16.6. The van der Waals surface area contributed by atoms with E-state index in [9.17, 15) is 14.4 Å². The quantitative estimate of drug-likeness (QED) is 0.0344. The van der Waals surface area contributed by atoms with Crippen molar-refractivity contribution in [2.24, 2.45) is 0 Å². The van der Waals surface area contributed by atoms with Crippen molar-refractivity contribution >= 4 is 17.9 Å². The van der Waals surface area contributed by atoms with E-state index in [1.165, 1.54) is 244 Å². The zero-order valence-electron chi connectivity index (χ0n) is 44.3. The molecule has 0 rings (SSSR count). The summed E-state index contributed by atoms with van der Waals surface area (Å²) in [5.41, 5.74) is 0. The molecule has 0 radical (unpaired) electrons. The molecular formula is C59H114O6. The Morgan fingerprint density at radius 2 is 0.415 bits per heavy atom. The molecule has 0 bridgehead atoms. The van der Waals surface area contributed by atoms with E-state index in [-0.39, 0.29) is 31.1 Å². The average Bonchev–Trinajstić information content (AvgIpc) is 3.30. The minimum atomic E-state index is -0.759. The second kappa shape index (κ2) is 55.0. The molecule has 0 aliphatic carbocycles. The number of hydrogen-bond donors (Lipinski definition) is 0. The van der Waals surface area contributed by atoms with Crippen LogP contribution in [-0.2, 0) is 28.6 Å². The summed E-state index contributed by atoms with van der Waals surface area (Å²) < 4.78 is 16.8. The highest BCUT2D eigenvalue weighted by Crippen LogP contribution is 2.18. The Kier molecular flexibility index (Phi) is 53.7. The van der Waals surface area contributed by atoms with Gasteiger partial charge < -0.3 is 14.2 Å². The Bertz CT molecular complexity index is 967. The van der Waals surface area contributed by atoms with Crippen LogP contribution in [-0.4, -0.2) is 37.2 Å². The Morgan fingerprint density at radius 1 is 0.246 bits per heavy atom. The zero-order valence-corrected chi connectivity index (χ0v) is 44.3. The van der Waals surface area contributed by atoms with Crippen LogP contribution < -0.4 is 0 Å². The lowest BCUT2D eigenvalue weighted by atomic mass is 10.0. The second-order valence-corrected chi connectivity index (χ2v) is 20.3. The smallest absolute Gasteiger partial charge is 0.306 e. The Hall–Kier alpha value is -1.59. The maximum Gasteiger partial charge on any atom is 0.306 e. The SMILES string of the molecule is CCCCCCCCCCCCCCCCCCCCCCCCCC(=O)OCC(COC(=O)CCCCCCCC)OC(=O)CCCCCCCCCCCCCCCCCCCC. The summed E-state index contributed by atoms with van der Waals surface area (Å²) in [5, 5.41) is 0. The number of unbranched alkanes of at least 4 members (excludes halogenated alkanes) is 44. The molecule has 0 aromatic rings. The monoisotopic (exact) mass is 919 g/mol. The third-order valence-corrected chi connectivity index (χ3v) is 13.6. The van der Waals surface area contributed by atoms with E-state index in [1.54, 1.807) is 0 Å². The normalized spacial score (nSPS) is 11.9. The third kappa shape index (κ3) is 53.2. The molecule has 0 amide bonds. The van der Waals surface area contributed by atoms with Crippen molar-refractivity contribution in [1.29, 1.82) is 0 Å². The van der Waals surface area contributed by atoms with Crippen molar-refractivity contribution in [3.05, 3.63) is 0 Å². The number of rotatable bonds is 55. The van der Waals surface area contributed by atoms with Gasteiger partial charge in [-0.15, -0.1) is 0 Å². The lowest BCUT2D eigenvalue weighted by Crippen LogP contribution is -2.30. The third-order valence-electron chi connectivity index (χ3n) is 13.6. The first-order chi connectivity index (χ1) is 32.0. The van der Waals surface area contributed by atoms with Gasteiger partial charge in [0.05, 0.1) is 0 Å². The van der Waals surface area contributed by atoms with Crippen LogP contribution in [0.25, 0.3) is 0 Å². The molecule has 6 heteroatoms.